The van der Waals surface area contributed by atoms with Gasteiger partial charge in [0.2, 0.25) is 0 Å². The van der Waals surface area contributed by atoms with Gasteiger partial charge in [-0.05, 0) is 43.2 Å². The highest BCUT2D eigenvalue weighted by atomic mass is 15.4. The second kappa shape index (κ2) is 6.46. The molecule has 0 N–H and O–H groups in total. The molecule has 27 heavy (non-hydrogen) atoms. The third-order valence-electron chi connectivity index (χ3n) is 5.21. The summed E-state index contributed by atoms with van der Waals surface area (Å²) in [6, 6.07) is 9.97. The third kappa shape index (κ3) is 2.83. The lowest BCUT2D eigenvalue weighted by molar-refractivity contribution is 0.479. The number of hydrogen-bond donors (Lipinski definition) is 0. The Morgan fingerprint density at radius 3 is 2.70 bits per heavy atom. The van der Waals surface area contributed by atoms with Gasteiger partial charge in [0.25, 0.3) is 0 Å². The minimum absolute atomic E-state index is 0.462. The van der Waals surface area contributed by atoms with Gasteiger partial charge in [-0.15, -0.1) is 15.3 Å². The summed E-state index contributed by atoms with van der Waals surface area (Å²) >= 11 is 0. The number of fused-ring (bicyclic) bond motifs is 1. The molecule has 1 fully saturated rings. The van der Waals surface area contributed by atoms with Gasteiger partial charge >= 0.3 is 0 Å². The number of aromatic nitrogens is 7. The van der Waals surface area contributed by atoms with Crippen LogP contribution < -0.4 is 4.90 Å². The second-order valence-corrected chi connectivity index (χ2v) is 6.89. The van der Waals surface area contributed by atoms with Gasteiger partial charge in [0.15, 0.2) is 11.5 Å². The molecule has 1 atom stereocenters. The van der Waals surface area contributed by atoms with Crippen molar-refractivity contribution < 1.29 is 0 Å². The van der Waals surface area contributed by atoms with Crippen molar-refractivity contribution in [3.8, 4) is 11.4 Å². The number of nitrogens with zero attached hydrogens (tertiary/aromatic N) is 8. The van der Waals surface area contributed by atoms with Gasteiger partial charge in [0, 0.05) is 55.9 Å². The smallest absolute Gasteiger partial charge is 0.185 e. The molecule has 5 heterocycles. The Hall–Kier alpha value is -3.29. The highest BCUT2D eigenvalue weighted by Gasteiger charge is 2.25. The molecule has 4 aromatic heterocycles. The number of rotatable bonds is 3. The number of piperidine rings is 1. The monoisotopic (exact) mass is 360 g/mol. The predicted octanol–water partition coefficient (Wildman–Crippen LogP) is 2.30. The molecule has 5 rings (SSSR count). The Kier molecular flexibility index (Phi) is 3.81. The van der Waals surface area contributed by atoms with Crippen molar-refractivity contribution in [3.05, 3.63) is 54.6 Å². The standard InChI is InChI=1S/C19H20N8/c1-25-16(8-11-21-25)15-3-2-12-26(13-15)18-5-4-17-22-23-19(27(17)24-18)14-6-9-20-10-7-14/h4-11,15H,2-3,12-13H2,1H3. The first kappa shape index (κ1) is 15.9. The van der Waals surface area contributed by atoms with Gasteiger partial charge in [-0.25, -0.2) is 0 Å². The summed E-state index contributed by atoms with van der Waals surface area (Å²) in [6.07, 6.45) is 7.69. The Balaban J connectivity index is 1.49. The van der Waals surface area contributed by atoms with Gasteiger partial charge in [-0.2, -0.15) is 9.61 Å². The van der Waals surface area contributed by atoms with E-state index in [1.54, 1.807) is 12.4 Å². The van der Waals surface area contributed by atoms with Gasteiger partial charge in [0.1, 0.15) is 5.82 Å². The van der Waals surface area contributed by atoms with Gasteiger partial charge in [-0.1, -0.05) is 0 Å². The Morgan fingerprint density at radius 2 is 1.89 bits per heavy atom. The highest BCUT2D eigenvalue weighted by Crippen LogP contribution is 2.29. The third-order valence-corrected chi connectivity index (χ3v) is 5.21. The van der Waals surface area contributed by atoms with E-state index in [2.05, 4.69) is 31.2 Å². The van der Waals surface area contributed by atoms with Crippen LogP contribution in [0.1, 0.15) is 24.5 Å². The SMILES string of the molecule is Cn1nccc1C1CCCN(c2ccc3nnc(-c4ccncc4)n3n2)C1. The first-order valence-electron chi connectivity index (χ1n) is 9.15. The molecular formula is C19H20N8. The highest BCUT2D eigenvalue weighted by molar-refractivity contribution is 5.59. The molecule has 8 heteroatoms. The van der Waals surface area contributed by atoms with Crippen molar-refractivity contribution in [1.82, 2.24) is 34.6 Å². The molecule has 0 amide bonds. The molecule has 1 unspecified atom stereocenters. The van der Waals surface area contributed by atoms with Crippen molar-refractivity contribution >= 4 is 11.5 Å². The summed E-state index contributed by atoms with van der Waals surface area (Å²) in [5.74, 6) is 2.14. The van der Waals surface area contributed by atoms with E-state index < -0.39 is 0 Å². The molecule has 4 aromatic rings. The summed E-state index contributed by atoms with van der Waals surface area (Å²) in [6.45, 7) is 1.93. The Morgan fingerprint density at radius 1 is 1.00 bits per heavy atom. The van der Waals surface area contributed by atoms with Crippen LogP contribution in [0, 0.1) is 0 Å². The van der Waals surface area contributed by atoms with Crippen LogP contribution in [0.5, 0.6) is 0 Å². The van der Waals surface area contributed by atoms with E-state index in [1.807, 2.05) is 46.7 Å². The second-order valence-electron chi connectivity index (χ2n) is 6.89. The zero-order valence-electron chi connectivity index (χ0n) is 15.1. The molecule has 1 saturated heterocycles. The first-order valence-corrected chi connectivity index (χ1v) is 9.15. The molecular weight excluding hydrogens is 340 g/mol. The van der Waals surface area contributed by atoms with Crippen LogP contribution in [0.25, 0.3) is 17.0 Å². The van der Waals surface area contributed by atoms with Crippen LogP contribution >= 0.6 is 0 Å². The van der Waals surface area contributed by atoms with E-state index in [0.717, 1.165) is 42.4 Å². The first-order chi connectivity index (χ1) is 13.3. The van der Waals surface area contributed by atoms with Crippen molar-refractivity contribution in [2.45, 2.75) is 18.8 Å². The lowest BCUT2D eigenvalue weighted by Gasteiger charge is -2.33. The number of pyridine rings is 1. The van der Waals surface area contributed by atoms with Crippen LogP contribution in [-0.4, -0.2) is 47.7 Å². The summed E-state index contributed by atoms with van der Waals surface area (Å²) in [5, 5.41) is 17.7. The average Bonchev–Trinajstić information content (AvgIpc) is 3.34. The Bertz CT molecular complexity index is 1070. The van der Waals surface area contributed by atoms with Crippen LogP contribution in [0.15, 0.2) is 48.9 Å². The molecule has 1 aliphatic heterocycles. The summed E-state index contributed by atoms with van der Waals surface area (Å²) in [5.41, 5.74) is 2.97. The van der Waals surface area contributed by atoms with Crippen LogP contribution in [0.3, 0.4) is 0 Å². The molecule has 1 aliphatic rings. The molecule has 0 spiro atoms. The van der Waals surface area contributed by atoms with Crippen molar-refractivity contribution in [2.75, 3.05) is 18.0 Å². The van der Waals surface area contributed by atoms with Crippen molar-refractivity contribution in [1.29, 1.82) is 0 Å². The molecule has 0 aromatic carbocycles. The molecule has 0 radical (unpaired) electrons. The maximum Gasteiger partial charge on any atom is 0.185 e. The van der Waals surface area contributed by atoms with Gasteiger partial charge in [-0.3, -0.25) is 9.67 Å². The number of hydrogen-bond acceptors (Lipinski definition) is 6. The molecule has 0 aliphatic carbocycles. The normalized spacial score (nSPS) is 17.5. The van der Waals surface area contributed by atoms with E-state index in [9.17, 15) is 0 Å². The fraction of sp³-hybridized carbons (Fsp3) is 0.316. The summed E-state index contributed by atoms with van der Waals surface area (Å²) < 4.78 is 3.80. The minimum Gasteiger partial charge on any atom is -0.355 e. The lowest BCUT2D eigenvalue weighted by Crippen LogP contribution is -2.35. The van der Waals surface area contributed by atoms with Crippen molar-refractivity contribution in [3.63, 3.8) is 0 Å². The quantitative estimate of drug-likeness (QED) is 0.558. The van der Waals surface area contributed by atoms with E-state index in [4.69, 9.17) is 5.10 Å². The maximum atomic E-state index is 4.85. The largest absolute Gasteiger partial charge is 0.355 e. The summed E-state index contributed by atoms with van der Waals surface area (Å²) in [7, 11) is 2.01. The fourth-order valence-electron chi connectivity index (χ4n) is 3.84. The topological polar surface area (TPSA) is 77.0 Å². The lowest BCUT2D eigenvalue weighted by atomic mass is 9.95. The van der Waals surface area contributed by atoms with Gasteiger partial charge in [0.05, 0.1) is 0 Å². The molecule has 0 bridgehead atoms. The van der Waals surface area contributed by atoms with E-state index in [1.165, 1.54) is 12.1 Å². The number of anilines is 1. The van der Waals surface area contributed by atoms with Crippen LogP contribution in [-0.2, 0) is 7.05 Å². The summed E-state index contributed by atoms with van der Waals surface area (Å²) in [4.78, 5) is 6.42. The van der Waals surface area contributed by atoms with Crippen LogP contribution in [0.4, 0.5) is 5.82 Å². The molecule has 136 valence electrons. The fourth-order valence-corrected chi connectivity index (χ4v) is 3.84. The number of aryl methyl sites for hydroxylation is 1. The van der Waals surface area contributed by atoms with Crippen LogP contribution in [0.2, 0.25) is 0 Å². The Labute approximate surface area is 156 Å². The van der Waals surface area contributed by atoms with Gasteiger partial charge < -0.3 is 4.90 Å². The minimum atomic E-state index is 0.462. The predicted molar refractivity (Wildman–Crippen MR) is 101 cm³/mol. The maximum absolute atomic E-state index is 4.85. The zero-order chi connectivity index (χ0) is 18.2. The molecule has 8 nitrogen and oxygen atoms in total. The van der Waals surface area contributed by atoms with Crippen molar-refractivity contribution in [2.24, 2.45) is 7.05 Å². The van der Waals surface area contributed by atoms with E-state index in [-0.39, 0.29) is 0 Å². The average molecular weight is 360 g/mol. The zero-order valence-corrected chi connectivity index (χ0v) is 15.1. The van der Waals surface area contributed by atoms with E-state index >= 15 is 0 Å². The molecule has 0 saturated carbocycles. The van der Waals surface area contributed by atoms with E-state index in [0.29, 0.717) is 5.92 Å².